The number of piperidine rings is 1. The van der Waals surface area contributed by atoms with E-state index in [2.05, 4.69) is 5.32 Å². The molecule has 0 aliphatic carbocycles. The number of amides is 1. The molecule has 0 unspecified atom stereocenters. The van der Waals surface area contributed by atoms with Crippen LogP contribution in [0.1, 0.15) is 25.3 Å². The third kappa shape index (κ3) is 1.63. The van der Waals surface area contributed by atoms with Crippen molar-refractivity contribution in [1.82, 2.24) is 5.32 Å². The number of benzene rings is 1. The Kier molecular flexibility index (Phi) is 2.63. The van der Waals surface area contributed by atoms with Crippen LogP contribution >= 0.6 is 0 Å². The molecule has 0 atom stereocenters. The number of carbonyl (C=O) groups excluding carboxylic acids is 1. The molecule has 18 heavy (non-hydrogen) atoms. The molecule has 96 valence electrons. The highest BCUT2D eigenvalue weighted by Gasteiger charge is 2.44. The van der Waals surface area contributed by atoms with Gasteiger partial charge in [0.2, 0.25) is 5.91 Å². The summed E-state index contributed by atoms with van der Waals surface area (Å²) in [5.74, 6) is -0.275. The van der Waals surface area contributed by atoms with Crippen LogP contribution in [0.25, 0.3) is 0 Å². The summed E-state index contributed by atoms with van der Waals surface area (Å²) < 4.78 is 13.4. The van der Waals surface area contributed by atoms with Gasteiger partial charge in [-0.3, -0.25) is 4.79 Å². The van der Waals surface area contributed by atoms with Crippen molar-refractivity contribution < 1.29 is 9.18 Å². The van der Waals surface area contributed by atoms with E-state index in [1.165, 1.54) is 12.1 Å². The fraction of sp³-hybridized carbons (Fsp3) is 0.500. The third-order valence-corrected chi connectivity index (χ3v) is 4.22. The van der Waals surface area contributed by atoms with Crippen LogP contribution in [0.15, 0.2) is 18.2 Å². The monoisotopic (exact) mass is 248 g/mol. The zero-order valence-corrected chi connectivity index (χ0v) is 10.5. The second-order valence-corrected chi connectivity index (χ2v) is 5.30. The second-order valence-electron chi connectivity index (χ2n) is 5.30. The molecular weight excluding hydrogens is 231 g/mol. The smallest absolute Gasteiger partial charge is 0.223 e. The molecule has 3 nitrogen and oxygen atoms in total. The van der Waals surface area contributed by atoms with Gasteiger partial charge in [-0.15, -0.1) is 0 Å². The van der Waals surface area contributed by atoms with Crippen LogP contribution in [-0.2, 0) is 10.2 Å². The van der Waals surface area contributed by atoms with Crippen molar-refractivity contribution in [3.63, 3.8) is 0 Å². The first kappa shape index (κ1) is 11.7. The van der Waals surface area contributed by atoms with E-state index in [0.29, 0.717) is 6.54 Å². The first-order chi connectivity index (χ1) is 8.62. The molecular formula is C14H17FN2O. The quantitative estimate of drug-likeness (QED) is 0.759. The maximum Gasteiger partial charge on any atom is 0.223 e. The molecule has 1 spiro atoms. The Morgan fingerprint density at radius 2 is 2.11 bits per heavy atom. The lowest BCUT2D eigenvalue weighted by atomic mass is 9.75. The molecule has 1 aromatic carbocycles. The van der Waals surface area contributed by atoms with Crippen LogP contribution in [-0.4, -0.2) is 25.5 Å². The Hall–Kier alpha value is -1.42. The molecule has 0 aromatic heterocycles. The molecule has 2 heterocycles. The van der Waals surface area contributed by atoms with Crippen LogP contribution in [0.5, 0.6) is 0 Å². The van der Waals surface area contributed by atoms with E-state index in [4.69, 9.17) is 0 Å². The highest BCUT2D eigenvalue weighted by molar-refractivity contribution is 5.94. The van der Waals surface area contributed by atoms with Crippen LogP contribution in [0.2, 0.25) is 0 Å². The zero-order chi connectivity index (χ0) is 12.8. The molecule has 0 saturated carbocycles. The van der Waals surface area contributed by atoms with E-state index in [9.17, 15) is 9.18 Å². The van der Waals surface area contributed by atoms with Crippen molar-refractivity contribution in [3.05, 3.63) is 29.6 Å². The highest BCUT2D eigenvalue weighted by Crippen LogP contribution is 2.46. The van der Waals surface area contributed by atoms with Gasteiger partial charge in [0.25, 0.3) is 0 Å². The van der Waals surface area contributed by atoms with E-state index < -0.39 is 0 Å². The summed E-state index contributed by atoms with van der Waals surface area (Å²) in [7, 11) is 0. The van der Waals surface area contributed by atoms with E-state index >= 15 is 0 Å². The lowest BCUT2D eigenvalue weighted by Gasteiger charge is -2.34. The molecule has 2 aliphatic heterocycles. The maximum absolute atomic E-state index is 13.4. The van der Waals surface area contributed by atoms with Gasteiger partial charge in [-0.1, -0.05) is 6.07 Å². The Morgan fingerprint density at radius 1 is 1.39 bits per heavy atom. The summed E-state index contributed by atoms with van der Waals surface area (Å²) in [6, 6.07) is 4.86. The summed E-state index contributed by atoms with van der Waals surface area (Å²) >= 11 is 0. The predicted molar refractivity (Wildman–Crippen MR) is 68.2 cm³/mol. The zero-order valence-electron chi connectivity index (χ0n) is 10.5. The fourth-order valence-electron chi connectivity index (χ4n) is 3.26. The number of fused-ring (bicyclic) bond motifs is 2. The summed E-state index contributed by atoms with van der Waals surface area (Å²) in [6.45, 7) is 4.17. The molecule has 1 saturated heterocycles. The summed E-state index contributed by atoms with van der Waals surface area (Å²) in [5.41, 5.74) is 1.94. The number of hydrogen-bond donors (Lipinski definition) is 1. The van der Waals surface area contributed by atoms with Gasteiger partial charge in [-0.05, 0) is 43.6 Å². The van der Waals surface area contributed by atoms with Gasteiger partial charge in [0, 0.05) is 18.9 Å². The topological polar surface area (TPSA) is 32.3 Å². The van der Waals surface area contributed by atoms with Gasteiger partial charge >= 0.3 is 0 Å². The van der Waals surface area contributed by atoms with Gasteiger partial charge in [0.1, 0.15) is 5.82 Å². The van der Waals surface area contributed by atoms with Crippen LogP contribution < -0.4 is 10.2 Å². The third-order valence-electron chi connectivity index (χ3n) is 4.22. The lowest BCUT2D eigenvalue weighted by Crippen LogP contribution is -2.43. The van der Waals surface area contributed by atoms with Crippen LogP contribution in [0.4, 0.5) is 10.1 Å². The molecule has 1 aromatic rings. The minimum Gasteiger partial charge on any atom is -0.317 e. The van der Waals surface area contributed by atoms with Crippen molar-refractivity contribution in [3.8, 4) is 0 Å². The van der Waals surface area contributed by atoms with Gasteiger partial charge < -0.3 is 10.2 Å². The number of nitrogens with one attached hydrogen (secondary N) is 1. The maximum atomic E-state index is 13.4. The van der Waals surface area contributed by atoms with Gasteiger partial charge in [0.15, 0.2) is 0 Å². The largest absolute Gasteiger partial charge is 0.317 e. The Balaban J connectivity index is 2.10. The molecule has 2 aliphatic rings. The van der Waals surface area contributed by atoms with Crippen LogP contribution in [0, 0.1) is 5.82 Å². The Bertz CT molecular complexity index is 495. The van der Waals surface area contributed by atoms with Crippen molar-refractivity contribution in [2.24, 2.45) is 0 Å². The number of hydrogen-bond acceptors (Lipinski definition) is 2. The van der Waals surface area contributed by atoms with Crippen molar-refractivity contribution >= 4 is 11.6 Å². The number of rotatable bonds is 0. The number of nitrogens with zero attached hydrogens (tertiary/aromatic N) is 1. The Labute approximate surface area is 106 Å². The van der Waals surface area contributed by atoms with E-state index in [-0.39, 0.29) is 17.1 Å². The average Bonchev–Trinajstić information content (AvgIpc) is 2.65. The van der Waals surface area contributed by atoms with Gasteiger partial charge in [-0.2, -0.15) is 0 Å². The molecule has 4 heteroatoms. The van der Waals surface area contributed by atoms with Gasteiger partial charge in [0.05, 0.1) is 5.69 Å². The molecule has 1 fully saturated rings. The summed E-state index contributed by atoms with van der Waals surface area (Å²) in [6.07, 6.45) is 2.02. The average molecular weight is 248 g/mol. The highest BCUT2D eigenvalue weighted by atomic mass is 19.1. The Morgan fingerprint density at radius 3 is 2.78 bits per heavy atom. The molecule has 0 radical (unpaired) electrons. The second kappa shape index (κ2) is 4.05. The normalized spacial score (nSPS) is 21.1. The SMILES string of the molecule is CC(=O)N1CC2(CCNCC2)c2ccc(F)cc21. The molecule has 1 N–H and O–H groups in total. The van der Waals surface area contributed by atoms with Crippen molar-refractivity contribution in [1.29, 1.82) is 0 Å². The van der Waals surface area contributed by atoms with E-state index in [1.54, 1.807) is 11.8 Å². The first-order valence-corrected chi connectivity index (χ1v) is 6.41. The van der Waals surface area contributed by atoms with Gasteiger partial charge in [-0.25, -0.2) is 4.39 Å². The number of carbonyl (C=O) groups is 1. The molecule has 0 bridgehead atoms. The summed E-state index contributed by atoms with van der Waals surface area (Å²) in [5, 5.41) is 3.34. The first-order valence-electron chi connectivity index (χ1n) is 6.41. The number of anilines is 1. The van der Waals surface area contributed by atoms with E-state index in [0.717, 1.165) is 37.2 Å². The standard InChI is InChI=1S/C14H17FN2O/c1-10(18)17-9-14(4-6-16-7-5-14)12-3-2-11(15)8-13(12)17/h2-3,8,16H,4-7,9H2,1H3. The van der Waals surface area contributed by atoms with Crippen molar-refractivity contribution in [2.75, 3.05) is 24.5 Å². The predicted octanol–water partition coefficient (Wildman–Crippen LogP) is 1.81. The lowest BCUT2D eigenvalue weighted by molar-refractivity contribution is -0.116. The fourth-order valence-corrected chi connectivity index (χ4v) is 3.26. The summed E-state index contributed by atoms with van der Waals surface area (Å²) in [4.78, 5) is 13.5. The van der Waals surface area contributed by atoms with Crippen molar-refractivity contribution in [2.45, 2.75) is 25.2 Å². The minimum absolute atomic E-state index is 0.00254. The minimum atomic E-state index is -0.272. The van der Waals surface area contributed by atoms with Crippen LogP contribution in [0.3, 0.4) is 0 Å². The molecule has 1 amide bonds. The number of halogens is 1. The van der Waals surface area contributed by atoms with E-state index in [1.807, 2.05) is 6.07 Å². The molecule has 3 rings (SSSR count).